The third kappa shape index (κ3) is 4.25. The first-order valence-electron chi connectivity index (χ1n) is 9.49. The molecule has 4 rings (SSSR count). The van der Waals surface area contributed by atoms with Gasteiger partial charge in [-0.25, -0.2) is 8.78 Å². The largest absolute Gasteiger partial charge is 0.299 e. The van der Waals surface area contributed by atoms with Crippen molar-refractivity contribution in [2.24, 2.45) is 5.92 Å². The summed E-state index contributed by atoms with van der Waals surface area (Å²) in [4.78, 5) is 18.8. The summed E-state index contributed by atoms with van der Waals surface area (Å²) in [6.45, 7) is 0.909. The number of nitrogens with zero attached hydrogens (tertiary/aromatic N) is 3. The Morgan fingerprint density at radius 2 is 1.96 bits per heavy atom. The zero-order valence-electron chi connectivity index (χ0n) is 15.4. The second-order valence-electron chi connectivity index (χ2n) is 7.33. The van der Waals surface area contributed by atoms with Gasteiger partial charge in [0.15, 0.2) is 0 Å². The molecule has 1 fully saturated rings. The first-order valence-corrected chi connectivity index (χ1v) is 9.49. The number of nitrogens with one attached hydrogen (secondary N) is 1. The number of fused-ring (bicyclic) bond motifs is 1. The first-order chi connectivity index (χ1) is 13.6. The number of halogens is 2. The molecule has 3 aromatic rings. The van der Waals surface area contributed by atoms with E-state index in [9.17, 15) is 13.6 Å². The number of likely N-dealkylation sites (tertiary alicyclic amines) is 1. The molecule has 2 aromatic heterocycles. The van der Waals surface area contributed by atoms with Crippen LogP contribution in [0.15, 0.2) is 42.9 Å². The van der Waals surface area contributed by atoms with Gasteiger partial charge in [-0.15, -0.1) is 0 Å². The predicted molar refractivity (Wildman–Crippen MR) is 103 cm³/mol. The molecule has 146 valence electrons. The maximum absolute atomic E-state index is 12.7. The Morgan fingerprint density at radius 1 is 1.14 bits per heavy atom. The van der Waals surface area contributed by atoms with E-state index in [0.717, 1.165) is 27.6 Å². The van der Waals surface area contributed by atoms with Gasteiger partial charge in [-0.3, -0.25) is 19.8 Å². The number of H-pyrrole nitrogens is 1. The first kappa shape index (κ1) is 18.7. The van der Waals surface area contributed by atoms with Crippen molar-refractivity contribution in [3.05, 3.63) is 48.5 Å². The summed E-state index contributed by atoms with van der Waals surface area (Å²) in [6, 6.07) is 8.06. The molecule has 1 N–H and O–H groups in total. The highest BCUT2D eigenvalue weighted by Crippen LogP contribution is 2.25. The van der Waals surface area contributed by atoms with Crippen molar-refractivity contribution < 1.29 is 13.6 Å². The van der Waals surface area contributed by atoms with Crippen molar-refractivity contribution in [3.63, 3.8) is 0 Å². The molecule has 28 heavy (non-hydrogen) atoms. The van der Waals surface area contributed by atoms with Gasteiger partial charge in [-0.1, -0.05) is 12.1 Å². The molecule has 1 aliphatic rings. The van der Waals surface area contributed by atoms with Crippen LogP contribution in [0.4, 0.5) is 8.78 Å². The average Bonchev–Trinajstić information content (AvgIpc) is 3.22. The highest BCUT2D eigenvalue weighted by molar-refractivity contribution is 5.88. The molecular formula is C21H22F2N4O. The fourth-order valence-electron chi connectivity index (χ4n) is 3.83. The van der Waals surface area contributed by atoms with Crippen LogP contribution in [0.1, 0.15) is 18.5 Å². The van der Waals surface area contributed by atoms with Gasteiger partial charge in [0, 0.05) is 41.4 Å². The topological polar surface area (TPSA) is 61.9 Å². The molecule has 3 heterocycles. The van der Waals surface area contributed by atoms with Crippen molar-refractivity contribution in [1.29, 1.82) is 0 Å². The average molecular weight is 384 g/mol. The molecule has 0 unspecified atom stereocenters. The lowest BCUT2D eigenvalue weighted by Gasteiger charge is -2.30. The molecule has 0 radical (unpaired) electrons. The number of hydrogen-bond donors (Lipinski definition) is 1. The Labute approximate surface area is 161 Å². The lowest BCUT2D eigenvalue weighted by molar-refractivity contribution is -0.123. The number of alkyl halides is 2. The minimum absolute atomic E-state index is 0.0660. The summed E-state index contributed by atoms with van der Waals surface area (Å²) in [7, 11) is 0. The van der Waals surface area contributed by atoms with Crippen LogP contribution in [0, 0.1) is 5.92 Å². The number of pyridine rings is 1. The van der Waals surface area contributed by atoms with Gasteiger partial charge in [0.05, 0.1) is 12.7 Å². The predicted octanol–water partition coefficient (Wildman–Crippen LogP) is 3.71. The van der Waals surface area contributed by atoms with Crippen LogP contribution < -0.4 is 0 Å². The van der Waals surface area contributed by atoms with Crippen LogP contribution in [0.25, 0.3) is 21.9 Å². The standard InChI is InChI=1S/C21H22F2N4O/c22-21(23)13-27-5-3-14(4-6-27)20(28)9-19-8-17-7-15(18-11-25-26-12-18)1-2-16(17)10-24-19/h1-2,7-8,10-12,14,21H,3-6,9,13H2,(H,25,26). The van der Waals surface area contributed by atoms with E-state index in [-0.39, 0.29) is 24.7 Å². The number of carbonyl (C=O) groups is 1. The zero-order chi connectivity index (χ0) is 19.5. The van der Waals surface area contributed by atoms with E-state index < -0.39 is 6.43 Å². The second kappa shape index (κ2) is 8.14. The quantitative estimate of drug-likeness (QED) is 0.704. The molecule has 0 amide bonds. The lowest BCUT2D eigenvalue weighted by atomic mass is 9.90. The summed E-state index contributed by atoms with van der Waals surface area (Å²) in [5.41, 5.74) is 2.81. The third-order valence-corrected chi connectivity index (χ3v) is 5.40. The molecule has 0 atom stereocenters. The van der Waals surface area contributed by atoms with Gasteiger partial charge in [0.1, 0.15) is 5.78 Å². The molecule has 1 saturated heterocycles. The Bertz CT molecular complexity index is 950. The van der Waals surface area contributed by atoms with E-state index in [1.165, 1.54) is 0 Å². The molecule has 0 saturated carbocycles. The number of piperidine rings is 1. The molecule has 5 nitrogen and oxygen atoms in total. The van der Waals surface area contributed by atoms with Crippen LogP contribution >= 0.6 is 0 Å². The van der Waals surface area contributed by atoms with E-state index in [0.29, 0.717) is 25.9 Å². The molecule has 0 spiro atoms. The Hall–Kier alpha value is -2.67. The fourth-order valence-corrected chi connectivity index (χ4v) is 3.83. The monoisotopic (exact) mass is 384 g/mol. The number of rotatable bonds is 6. The normalized spacial score (nSPS) is 16.1. The van der Waals surface area contributed by atoms with Gasteiger partial charge in [-0.05, 0) is 49.0 Å². The van der Waals surface area contributed by atoms with E-state index in [1.54, 1.807) is 17.3 Å². The van der Waals surface area contributed by atoms with E-state index in [2.05, 4.69) is 21.2 Å². The highest BCUT2D eigenvalue weighted by Gasteiger charge is 2.26. The lowest BCUT2D eigenvalue weighted by Crippen LogP contribution is -2.39. The fraction of sp³-hybridized carbons (Fsp3) is 0.381. The minimum Gasteiger partial charge on any atom is -0.299 e. The number of aromatic amines is 1. The maximum atomic E-state index is 12.7. The number of carbonyl (C=O) groups excluding carboxylic acids is 1. The van der Waals surface area contributed by atoms with Crippen molar-refractivity contribution >= 4 is 16.6 Å². The molecule has 1 aromatic carbocycles. The third-order valence-electron chi connectivity index (χ3n) is 5.40. The van der Waals surface area contributed by atoms with Crippen LogP contribution in [0.2, 0.25) is 0 Å². The molecule has 0 aliphatic carbocycles. The van der Waals surface area contributed by atoms with E-state index in [4.69, 9.17) is 0 Å². The minimum atomic E-state index is -2.32. The van der Waals surface area contributed by atoms with Crippen LogP contribution in [-0.4, -0.2) is 51.9 Å². The van der Waals surface area contributed by atoms with Gasteiger partial charge in [0.2, 0.25) is 0 Å². The van der Waals surface area contributed by atoms with Crippen molar-refractivity contribution in [3.8, 4) is 11.1 Å². The summed E-state index contributed by atoms with van der Waals surface area (Å²) in [5.74, 6) is 0.0817. The number of benzene rings is 1. The Kier molecular flexibility index (Phi) is 5.43. The van der Waals surface area contributed by atoms with Gasteiger partial charge in [-0.2, -0.15) is 5.10 Å². The summed E-state index contributed by atoms with van der Waals surface area (Å²) in [5, 5.41) is 8.84. The SMILES string of the molecule is O=C(Cc1cc2cc(-c3cn[nH]c3)ccc2cn1)C1CCN(CC(F)F)CC1. The van der Waals surface area contributed by atoms with Crippen LogP contribution in [0.5, 0.6) is 0 Å². The van der Waals surface area contributed by atoms with Gasteiger partial charge >= 0.3 is 0 Å². The number of aromatic nitrogens is 3. The zero-order valence-corrected chi connectivity index (χ0v) is 15.4. The number of Topliss-reactive ketones (excluding diaryl/α,β-unsaturated/α-hetero) is 1. The van der Waals surface area contributed by atoms with Crippen LogP contribution in [0.3, 0.4) is 0 Å². The Morgan fingerprint density at radius 3 is 2.68 bits per heavy atom. The Balaban J connectivity index is 1.43. The van der Waals surface area contributed by atoms with E-state index in [1.807, 2.05) is 24.4 Å². The summed E-state index contributed by atoms with van der Waals surface area (Å²) < 4.78 is 25.0. The van der Waals surface area contributed by atoms with Gasteiger partial charge in [0.25, 0.3) is 6.43 Å². The number of ketones is 1. The molecule has 1 aliphatic heterocycles. The molecular weight excluding hydrogens is 362 g/mol. The highest BCUT2D eigenvalue weighted by atomic mass is 19.3. The van der Waals surface area contributed by atoms with E-state index >= 15 is 0 Å². The van der Waals surface area contributed by atoms with Gasteiger partial charge < -0.3 is 0 Å². The van der Waals surface area contributed by atoms with Crippen molar-refractivity contribution in [2.75, 3.05) is 19.6 Å². The summed E-state index contributed by atoms with van der Waals surface area (Å²) in [6.07, 6.45) is 4.66. The summed E-state index contributed by atoms with van der Waals surface area (Å²) >= 11 is 0. The van der Waals surface area contributed by atoms with Crippen LogP contribution in [-0.2, 0) is 11.2 Å². The molecule has 0 bridgehead atoms. The smallest absolute Gasteiger partial charge is 0.251 e. The number of hydrogen-bond acceptors (Lipinski definition) is 4. The second-order valence-corrected chi connectivity index (χ2v) is 7.33. The van der Waals surface area contributed by atoms with Crippen molar-refractivity contribution in [2.45, 2.75) is 25.7 Å². The maximum Gasteiger partial charge on any atom is 0.251 e. The molecule has 7 heteroatoms. The van der Waals surface area contributed by atoms with Crippen molar-refractivity contribution in [1.82, 2.24) is 20.1 Å².